The lowest BCUT2D eigenvalue weighted by molar-refractivity contribution is -0.140. The number of hydrogen-bond acceptors (Lipinski definition) is 6. The van der Waals surface area contributed by atoms with Crippen molar-refractivity contribution in [3.8, 4) is 0 Å². The molecule has 0 aromatic heterocycles. The average molecular weight is 434 g/mol. The number of aryl methyl sites for hydroxylation is 1. The summed E-state index contributed by atoms with van der Waals surface area (Å²) in [5.74, 6) is -0.403. The molecule has 4 amide bonds. The zero-order valence-corrected chi connectivity index (χ0v) is 19.0. The fourth-order valence-electron chi connectivity index (χ4n) is 4.12. The first-order valence-corrected chi connectivity index (χ1v) is 11.4. The number of rotatable bonds is 6. The highest BCUT2D eigenvalue weighted by molar-refractivity contribution is 8.00. The van der Waals surface area contributed by atoms with Crippen LogP contribution in [0.4, 0.5) is 4.79 Å². The van der Waals surface area contributed by atoms with Gasteiger partial charge in [0, 0.05) is 27.2 Å². The minimum absolute atomic E-state index is 0.0513. The van der Waals surface area contributed by atoms with Crippen LogP contribution in [-0.2, 0) is 9.59 Å². The van der Waals surface area contributed by atoms with Crippen molar-refractivity contribution in [3.63, 3.8) is 0 Å². The van der Waals surface area contributed by atoms with Crippen LogP contribution in [-0.4, -0.2) is 77.0 Å². The van der Waals surface area contributed by atoms with Crippen molar-refractivity contribution in [1.82, 2.24) is 25.3 Å². The molecule has 2 N–H and O–H groups in total. The highest BCUT2D eigenvalue weighted by atomic mass is 32.2. The van der Waals surface area contributed by atoms with E-state index in [9.17, 15) is 14.4 Å². The molecule has 0 saturated carbocycles. The Morgan fingerprint density at radius 2 is 1.80 bits per heavy atom. The molecule has 2 fully saturated rings. The predicted molar refractivity (Wildman–Crippen MR) is 118 cm³/mol. The van der Waals surface area contributed by atoms with Crippen LogP contribution < -0.4 is 10.6 Å². The summed E-state index contributed by atoms with van der Waals surface area (Å²) in [4.78, 5) is 42.7. The fourth-order valence-corrected chi connectivity index (χ4v) is 5.33. The lowest BCUT2D eigenvalue weighted by Gasteiger charge is -2.50. The van der Waals surface area contributed by atoms with Crippen molar-refractivity contribution in [3.05, 3.63) is 35.4 Å². The predicted octanol–water partition coefficient (Wildman–Crippen LogP) is 1.58. The van der Waals surface area contributed by atoms with E-state index in [1.54, 1.807) is 16.8 Å². The summed E-state index contributed by atoms with van der Waals surface area (Å²) in [6.07, 6.45) is -0.687. The minimum Gasteiger partial charge on any atom is -0.343 e. The van der Waals surface area contributed by atoms with Gasteiger partial charge in [-0.2, -0.15) is 0 Å². The van der Waals surface area contributed by atoms with E-state index in [0.717, 1.165) is 11.1 Å². The van der Waals surface area contributed by atoms with Gasteiger partial charge in [-0.25, -0.2) is 4.79 Å². The number of amides is 4. The van der Waals surface area contributed by atoms with Crippen molar-refractivity contribution in [1.29, 1.82) is 0 Å². The average Bonchev–Trinajstić information content (AvgIpc) is 2.75. The van der Waals surface area contributed by atoms with Crippen molar-refractivity contribution in [2.45, 2.75) is 38.5 Å². The third-order valence-corrected chi connectivity index (χ3v) is 7.16. The number of urea groups is 1. The Bertz CT molecular complexity index is 816. The fraction of sp³-hybridized carbons (Fsp3) is 0.571. The highest BCUT2D eigenvalue weighted by Gasteiger charge is 2.51. The summed E-state index contributed by atoms with van der Waals surface area (Å²) in [5, 5.41) is 6.65. The largest absolute Gasteiger partial charge is 0.343 e. The molecule has 9 heteroatoms. The maximum absolute atomic E-state index is 13.0. The van der Waals surface area contributed by atoms with Gasteiger partial charge in [-0.3, -0.25) is 25.1 Å². The van der Waals surface area contributed by atoms with E-state index in [1.165, 1.54) is 23.7 Å². The van der Waals surface area contributed by atoms with E-state index in [-0.39, 0.29) is 35.1 Å². The number of nitrogens with one attached hydrogen (secondary N) is 2. The lowest BCUT2D eigenvalue weighted by Crippen LogP contribution is -2.72. The summed E-state index contributed by atoms with van der Waals surface area (Å²) >= 11 is 1.44. The SMILES string of the molecule is CCN(CC)C(=O)CSC1NC(c2ccccc2C)NC2C1C(=O)N(C)C(=O)N2C. The van der Waals surface area contributed by atoms with E-state index in [0.29, 0.717) is 13.1 Å². The van der Waals surface area contributed by atoms with Crippen molar-refractivity contribution in [2.75, 3.05) is 32.9 Å². The quantitative estimate of drug-likeness (QED) is 0.709. The molecule has 2 aliphatic rings. The number of hydrogen-bond donors (Lipinski definition) is 2. The molecule has 2 aliphatic heterocycles. The van der Waals surface area contributed by atoms with Gasteiger partial charge in [0.05, 0.1) is 29.4 Å². The molecular weight excluding hydrogens is 402 g/mol. The maximum atomic E-state index is 13.0. The van der Waals surface area contributed by atoms with Crippen molar-refractivity contribution in [2.24, 2.45) is 5.92 Å². The van der Waals surface area contributed by atoms with Gasteiger partial charge in [-0.15, -0.1) is 11.8 Å². The van der Waals surface area contributed by atoms with E-state index in [1.807, 2.05) is 45.0 Å². The van der Waals surface area contributed by atoms with Gasteiger partial charge >= 0.3 is 6.03 Å². The Kier molecular flexibility index (Phi) is 7.05. The molecule has 3 rings (SSSR count). The molecule has 0 bridgehead atoms. The molecule has 1 aromatic rings. The first-order valence-electron chi connectivity index (χ1n) is 10.3. The van der Waals surface area contributed by atoms with Crippen LogP contribution in [0.15, 0.2) is 24.3 Å². The van der Waals surface area contributed by atoms with Gasteiger partial charge in [-0.05, 0) is 31.9 Å². The first kappa shape index (κ1) is 22.6. The Labute approximate surface area is 182 Å². The van der Waals surface area contributed by atoms with Crippen LogP contribution in [0.1, 0.15) is 31.1 Å². The molecule has 4 atom stereocenters. The zero-order valence-electron chi connectivity index (χ0n) is 18.2. The molecular formula is C21H31N5O3S. The Morgan fingerprint density at radius 1 is 1.13 bits per heavy atom. The number of carbonyl (C=O) groups is 3. The summed E-state index contributed by atoms with van der Waals surface area (Å²) in [6.45, 7) is 7.27. The van der Waals surface area contributed by atoms with Crippen LogP contribution in [0.2, 0.25) is 0 Å². The summed E-state index contributed by atoms with van der Waals surface area (Å²) < 4.78 is 0. The highest BCUT2D eigenvalue weighted by Crippen LogP contribution is 2.35. The second-order valence-electron chi connectivity index (χ2n) is 7.68. The van der Waals surface area contributed by atoms with E-state index >= 15 is 0 Å². The maximum Gasteiger partial charge on any atom is 0.327 e. The molecule has 2 saturated heterocycles. The topological polar surface area (TPSA) is 85.0 Å². The number of nitrogens with zero attached hydrogens (tertiary/aromatic N) is 3. The molecule has 8 nitrogen and oxygen atoms in total. The zero-order chi connectivity index (χ0) is 22.0. The van der Waals surface area contributed by atoms with Crippen LogP contribution in [0, 0.1) is 12.8 Å². The van der Waals surface area contributed by atoms with Gasteiger partial charge in [0.15, 0.2) is 0 Å². The number of thioether (sulfide) groups is 1. The summed E-state index contributed by atoms with van der Waals surface area (Å²) in [7, 11) is 3.21. The van der Waals surface area contributed by atoms with E-state index < -0.39 is 12.1 Å². The molecule has 0 aliphatic carbocycles. The van der Waals surface area contributed by atoms with Gasteiger partial charge < -0.3 is 9.80 Å². The number of benzene rings is 1. The molecule has 0 radical (unpaired) electrons. The molecule has 164 valence electrons. The lowest BCUT2D eigenvalue weighted by atomic mass is 9.95. The normalized spacial score (nSPS) is 26.6. The van der Waals surface area contributed by atoms with Gasteiger partial charge in [0.1, 0.15) is 0 Å². The molecule has 1 aromatic carbocycles. The van der Waals surface area contributed by atoms with Gasteiger partial charge in [0.2, 0.25) is 11.8 Å². The van der Waals surface area contributed by atoms with Crippen molar-refractivity contribution >= 4 is 29.6 Å². The van der Waals surface area contributed by atoms with Crippen LogP contribution in [0.25, 0.3) is 0 Å². The monoisotopic (exact) mass is 433 g/mol. The third-order valence-electron chi connectivity index (χ3n) is 5.96. The van der Waals surface area contributed by atoms with Crippen molar-refractivity contribution < 1.29 is 14.4 Å². The molecule has 0 spiro atoms. The molecule has 4 unspecified atom stereocenters. The van der Waals surface area contributed by atoms with E-state index in [2.05, 4.69) is 10.6 Å². The van der Waals surface area contributed by atoms with Crippen LogP contribution in [0.3, 0.4) is 0 Å². The number of fused-ring (bicyclic) bond motifs is 1. The Balaban J connectivity index is 1.88. The third kappa shape index (κ3) is 4.19. The standard InChI is InChI=1S/C21H31N5O3S/c1-6-26(7-2)15(27)12-30-19-16-18(24(4)21(29)25(5)20(16)28)22-17(23-19)14-11-9-8-10-13(14)3/h8-11,16-19,22-23H,6-7,12H2,1-5H3. The smallest absolute Gasteiger partial charge is 0.327 e. The molecule has 2 heterocycles. The van der Waals surface area contributed by atoms with Gasteiger partial charge in [-0.1, -0.05) is 24.3 Å². The van der Waals surface area contributed by atoms with E-state index in [4.69, 9.17) is 0 Å². The summed E-state index contributed by atoms with van der Waals surface area (Å²) in [6, 6.07) is 7.68. The Hall–Kier alpha value is -2.10. The van der Waals surface area contributed by atoms with Gasteiger partial charge in [0.25, 0.3) is 0 Å². The van der Waals surface area contributed by atoms with Crippen LogP contribution in [0.5, 0.6) is 0 Å². The minimum atomic E-state index is -0.493. The Morgan fingerprint density at radius 3 is 2.43 bits per heavy atom. The first-order chi connectivity index (χ1) is 14.3. The second kappa shape index (κ2) is 9.36. The van der Waals surface area contributed by atoms with Crippen LogP contribution >= 0.6 is 11.8 Å². The summed E-state index contributed by atoms with van der Waals surface area (Å²) in [5.41, 5.74) is 2.17. The second-order valence-corrected chi connectivity index (χ2v) is 8.81. The molecule has 30 heavy (non-hydrogen) atoms. The number of carbonyl (C=O) groups excluding carboxylic acids is 3. The number of imide groups is 1.